The lowest BCUT2D eigenvalue weighted by Crippen LogP contribution is -2.42. The number of carbonyl (C=O) groups is 1. The molecule has 0 aliphatic carbocycles. The maximum absolute atomic E-state index is 13.0. The lowest BCUT2D eigenvalue weighted by molar-refractivity contribution is 0.178. The molecule has 5 heteroatoms. The van der Waals surface area contributed by atoms with Gasteiger partial charge < -0.3 is 15.1 Å². The van der Waals surface area contributed by atoms with Crippen molar-refractivity contribution in [3.05, 3.63) is 64.7 Å². The van der Waals surface area contributed by atoms with E-state index in [0.29, 0.717) is 23.8 Å². The third-order valence-corrected chi connectivity index (χ3v) is 5.41. The molecule has 1 heterocycles. The number of amides is 2. The average molecular weight is 386 g/mol. The Morgan fingerprint density at radius 1 is 1.07 bits per heavy atom. The number of hydrogen-bond donors (Lipinski definition) is 1. The molecule has 0 unspecified atom stereocenters. The van der Waals surface area contributed by atoms with Gasteiger partial charge in [0, 0.05) is 19.6 Å². The highest BCUT2D eigenvalue weighted by atomic mass is 35.5. The molecule has 0 bridgehead atoms. The van der Waals surface area contributed by atoms with Gasteiger partial charge in [-0.25, -0.2) is 4.79 Å². The lowest BCUT2D eigenvalue weighted by Gasteiger charge is -2.30. The SMILES string of the molecule is Cc1cccc(Cl)c1NC(=O)N(CCN1CCCCC1)Cc1ccccc1. The minimum atomic E-state index is -0.105. The zero-order chi connectivity index (χ0) is 19.1. The van der Waals surface area contributed by atoms with Gasteiger partial charge in [-0.2, -0.15) is 0 Å². The van der Waals surface area contributed by atoms with Gasteiger partial charge in [-0.05, 0) is 50.0 Å². The topological polar surface area (TPSA) is 35.6 Å². The van der Waals surface area contributed by atoms with Crippen LogP contribution in [0.2, 0.25) is 5.02 Å². The summed E-state index contributed by atoms with van der Waals surface area (Å²) in [6.45, 7) is 6.40. The quantitative estimate of drug-likeness (QED) is 0.744. The Balaban J connectivity index is 1.70. The molecule has 0 atom stereocenters. The van der Waals surface area contributed by atoms with E-state index in [-0.39, 0.29) is 6.03 Å². The van der Waals surface area contributed by atoms with Crippen LogP contribution in [-0.2, 0) is 6.54 Å². The predicted molar refractivity (Wildman–Crippen MR) is 112 cm³/mol. The van der Waals surface area contributed by atoms with E-state index in [9.17, 15) is 4.79 Å². The summed E-state index contributed by atoms with van der Waals surface area (Å²) in [5, 5.41) is 3.59. The average Bonchev–Trinajstić information content (AvgIpc) is 2.69. The highest BCUT2D eigenvalue weighted by Crippen LogP contribution is 2.25. The van der Waals surface area contributed by atoms with E-state index in [1.807, 2.05) is 42.2 Å². The van der Waals surface area contributed by atoms with Gasteiger partial charge in [0.05, 0.1) is 10.7 Å². The van der Waals surface area contributed by atoms with Gasteiger partial charge in [-0.1, -0.05) is 60.5 Å². The van der Waals surface area contributed by atoms with E-state index in [1.54, 1.807) is 6.07 Å². The summed E-state index contributed by atoms with van der Waals surface area (Å²) in [6.07, 6.45) is 3.82. The highest BCUT2D eigenvalue weighted by Gasteiger charge is 2.18. The molecule has 2 aromatic rings. The number of para-hydroxylation sites is 1. The Morgan fingerprint density at radius 3 is 2.52 bits per heavy atom. The first-order valence-electron chi connectivity index (χ1n) is 9.71. The van der Waals surface area contributed by atoms with Crippen molar-refractivity contribution in [3.63, 3.8) is 0 Å². The normalized spacial score (nSPS) is 14.7. The Morgan fingerprint density at radius 2 is 1.81 bits per heavy atom. The van der Waals surface area contributed by atoms with E-state index in [0.717, 1.165) is 30.8 Å². The van der Waals surface area contributed by atoms with Crippen molar-refractivity contribution < 1.29 is 4.79 Å². The van der Waals surface area contributed by atoms with Crippen LogP contribution in [0.25, 0.3) is 0 Å². The first-order valence-corrected chi connectivity index (χ1v) is 10.1. The number of aryl methyl sites for hydroxylation is 1. The van der Waals surface area contributed by atoms with Crippen LogP contribution in [0.5, 0.6) is 0 Å². The van der Waals surface area contributed by atoms with Crippen molar-refractivity contribution >= 4 is 23.3 Å². The second kappa shape index (κ2) is 9.77. The number of piperidine rings is 1. The van der Waals surface area contributed by atoms with Gasteiger partial charge in [-0.15, -0.1) is 0 Å². The fraction of sp³-hybridized carbons (Fsp3) is 0.409. The molecule has 1 aliphatic rings. The molecule has 0 spiro atoms. The molecule has 2 amide bonds. The van der Waals surface area contributed by atoms with Crippen LogP contribution in [0.4, 0.5) is 10.5 Å². The van der Waals surface area contributed by atoms with Crippen molar-refractivity contribution in [1.29, 1.82) is 0 Å². The van der Waals surface area contributed by atoms with Gasteiger partial charge in [0.25, 0.3) is 0 Å². The molecule has 1 aliphatic heterocycles. The van der Waals surface area contributed by atoms with Gasteiger partial charge in [0.1, 0.15) is 0 Å². The monoisotopic (exact) mass is 385 g/mol. The number of carbonyl (C=O) groups excluding carboxylic acids is 1. The summed E-state index contributed by atoms with van der Waals surface area (Å²) < 4.78 is 0. The molecular weight excluding hydrogens is 358 g/mol. The van der Waals surface area contributed by atoms with Crippen LogP contribution in [0.1, 0.15) is 30.4 Å². The zero-order valence-electron chi connectivity index (χ0n) is 16.0. The van der Waals surface area contributed by atoms with E-state index in [1.165, 1.54) is 19.3 Å². The van der Waals surface area contributed by atoms with Gasteiger partial charge >= 0.3 is 6.03 Å². The van der Waals surface area contributed by atoms with Crippen molar-refractivity contribution in [2.24, 2.45) is 0 Å². The van der Waals surface area contributed by atoms with Gasteiger partial charge in [0.2, 0.25) is 0 Å². The molecule has 4 nitrogen and oxygen atoms in total. The largest absolute Gasteiger partial charge is 0.322 e. The van der Waals surface area contributed by atoms with Crippen LogP contribution >= 0.6 is 11.6 Å². The number of nitrogens with zero attached hydrogens (tertiary/aromatic N) is 2. The van der Waals surface area contributed by atoms with Crippen molar-refractivity contribution in [2.45, 2.75) is 32.7 Å². The second-order valence-corrected chi connectivity index (χ2v) is 7.58. The fourth-order valence-electron chi connectivity index (χ4n) is 3.48. The first kappa shape index (κ1) is 19.7. The van der Waals surface area contributed by atoms with Crippen LogP contribution in [0.3, 0.4) is 0 Å². The molecule has 1 N–H and O–H groups in total. The summed E-state index contributed by atoms with van der Waals surface area (Å²) >= 11 is 6.30. The van der Waals surface area contributed by atoms with E-state index < -0.39 is 0 Å². The maximum Gasteiger partial charge on any atom is 0.322 e. The van der Waals surface area contributed by atoms with Crippen molar-refractivity contribution in [3.8, 4) is 0 Å². The van der Waals surface area contributed by atoms with E-state index >= 15 is 0 Å². The molecule has 2 aromatic carbocycles. The Hall–Kier alpha value is -2.04. The standard InChI is InChI=1S/C22H28ClN3O/c1-18-9-8-12-20(23)21(18)24-22(27)26(17-19-10-4-2-5-11-19)16-15-25-13-6-3-7-14-25/h2,4-5,8-12H,3,6-7,13-17H2,1H3,(H,24,27). The van der Waals surface area contributed by atoms with Gasteiger partial charge in [0.15, 0.2) is 0 Å². The summed E-state index contributed by atoms with van der Waals surface area (Å²) in [6, 6.07) is 15.7. The number of likely N-dealkylation sites (tertiary alicyclic amines) is 1. The number of urea groups is 1. The Kier molecular flexibility index (Phi) is 7.13. The number of benzene rings is 2. The van der Waals surface area contributed by atoms with Crippen LogP contribution in [-0.4, -0.2) is 42.0 Å². The molecule has 1 fully saturated rings. The Bertz CT molecular complexity index is 724. The third-order valence-electron chi connectivity index (χ3n) is 5.09. The first-order chi connectivity index (χ1) is 13.1. The number of hydrogen-bond acceptors (Lipinski definition) is 2. The molecule has 144 valence electrons. The van der Waals surface area contributed by atoms with Crippen LogP contribution in [0, 0.1) is 6.92 Å². The number of halogens is 1. The van der Waals surface area contributed by atoms with E-state index in [2.05, 4.69) is 22.3 Å². The van der Waals surface area contributed by atoms with Gasteiger partial charge in [-0.3, -0.25) is 0 Å². The second-order valence-electron chi connectivity index (χ2n) is 7.17. The maximum atomic E-state index is 13.0. The summed E-state index contributed by atoms with van der Waals surface area (Å²) in [7, 11) is 0. The summed E-state index contributed by atoms with van der Waals surface area (Å²) in [5.41, 5.74) is 2.79. The molecular formula is C22H28ClN3O. The number of anilines is 1. The van der Waals surface area contributed by atoms with Crippen LogP contribution in [0.15, 0.2) is 48.5 Å². The predicted octanol–water partition coefficient (Wildman–Crippen LogP) is 5.17. The lowest BCUT2D eigenvalue weighted by atomic mass is 10.1. The highest BCUT2D eigenvalue weighted by molar-refractivity contribution is 6.33. The van der Waals surface area contributed by atoms with Crippen LogP contribution < -0.4 is 5.32 Å². The molecule has 3 rings (SSSR count). The minimum absolute atomic E-state index is 0.105. The van der Waals surface area contributed by atoms with Crippen molar-refractivity contribution in [1.82, 2.24) is 9.80 Å². The molecule has 0 radical (unpaired) electrons. The Labute approximate surface area is 167 Å². The molecule has 27 heavy (non-hydrogen) atoms. The number of rotatable bonds is 6. The smallest absolute Gasteiger partial charge is 0.319 e. The molecule has 0 saturated carbocycles. The zero-order valence-corrected chi connectivity index (χ0v) is 16.7. The fourth-order valence-corrected chi connectivity index (χ4v) is 3.75. The summed E-state index contributed by atoms with van der Waals surface area (Å²) in [4.78, 5) is 17.4. The van der Waals surface area contributed by atoms with E-state index in [4.69, 9.17) is 11.6 Å². The molecule has 0 aromatic heterocycles. The minimum Gasteiger partial charge on any atom is -0.319 e. The number of nitrogens with one attached hydrogen (secondary N) is 1. The van der Waals surface area contributed by atoms with Crippen molar-refractivity contribution in [2.75, 3.05) is 31.5 Å². The molecule has 1 saturated heterocycles. The summed E-state index contributed by atoms with van der Waals surface area (Å²) in [5.74, 6) is 0. The third kappa shape index (κ3) is 5.72.